The third-order valence-corrected chi connectivity index (χ3v) is 3.61. The maximum absolute atomic E-state index is 11.9. The third kappa shape index (κ3) is 10.9. The van der Waals surface area contributed by atoms with Gasteiger partial charge in [0.15, 0.2) is 0 Å². The Kier molecular flexibility index (Phi) is 9.12. The van der Waals surface area contributed by atoms with Crippen molar-refractivity contribution in [3.8, 4) is 0 Å². The number of ether oxygens (including phenoxy) is 2. The zero-order chi connectivity index (χ0) is 22.2. The van der Waals surface area contributed by atoms with Gasteiger partial charge in [0, 0.05) is 6.54 Å². The SMILES string of the molecule is CC(C)(C)OC(=O)NCC(CC[C@H](NC(=O)OC(C)(C)C)C(=O)O)N1CCOO1. The van der Waals surface area contributed by atoms with Crippen LogP contribution in [-0.4, -0.2) is 71.3 Å². The average molecular weight is 419 g/mol. The van der Waals surface area contributed by atoms with Gasteiger partial charge in [-0.3, -0.25) is 0 Å². The summed E-state index contributed by atoms with van der Waals surface area (Å²) in [5.74, 6) is -1.19. The summed E-state index contributed by atoms with van der Waals surface area (Å²) in [7, 11) is 0. The number of nitrogens with zero attached hydrogens (tertiary/aromatic N) is 1. The van der Waals surface area contributed by atoms with E-state index in [-0.39, 0.29) is 19.0 Å². The van der Waals surface area contributed by atoms with Gasteiger partial charge in [-0.2, -0.15) is 0 Å². The summed E-state index contributed by atoms with van der Waals surface area (Å²) >= 11 is 0. The number of hydrogen-bond donors (Lipinski definition) is 3. The van der Waals surface area contributed by atoms with Gasteiger partial charge in [0.25, 0.3) is 0 Å². The maximum atomic E-state index is 11.9. The van der Waals surface area contributed by atoms with E-state index >= 15 is 0 Å². The van der Waals surface area contributed by atoms with Crippen LogP contribution < -0.4 is 10.6 Å². The average Bonchev–Trinajstić information content (AvgIpc) is 3.04. The molecule has 11 nitrogen and oxygen atoms in total. The number of carbonyl (C=O) groups is 3. The first-order chi connectivity index (χ1) is 13.3. The Morgan fingerprint density at radius 1 is 1.03 bits per heavy atom. The van der Waals surface area contributed by atoms with E-state index in [1.54, 1.807) is 41.5 Å². The molecule has 0 aromatic carbocycles. The van der Waals surface area contributed by atoms with Crippen LogP contribution in [0.15, 0.2) is 0 Å². The second-order valence-corrected chi connectivity index (χ2v) is 8.69. The van der Waals surface area contributed by atoms with E-state index in [0.717, 1.165) is 0 Å². The molecule has 0 aromatic heterocycles. The molecule has 1 heterocycles. The Bertz CT molecular complexity index is 564. The predicted octanol–water partition coefficient (Wildman–Crippen LogP) is 1.82. The normalized spacial score (nSPS) is 17.3. The zero-order valence-corrected chi connectivity index (χ0v) is 17.9. The highest BCUT2D eigenvalue weighted by Gasteiger charge is 2.30. The molecule has 3 N–H and O–H groups in total. The van der Waals surface area contributed by atoms with Crippen LogP contribution in [0.1, 0.15) is 54.4 Å². The fraction of sp³-hybridized carbons (Fsp3) is 0.833. The van der Waals surface area contributed by atoms with Gasteiger partial charge >= 0.3 is 18.2 Å². The highest BCUT2D eigenvalue weighted by molar-refractivity contribution is 5.79. The van der Waals surface area contributed by atoms with Crippen LogP contribution in [0.2, 0.25) is 0 Å². The van der Waals surface area contributed by atoms with Crippen molar-refractivity contribution in [2.75, 3.05) is 19.7 Å². The first-order valence-corrected chi connectivity index (χ1v) is 9.52. The monoisotopic (exact) mass is 419 g/mol. The van der Waals surface area contributed by atoms with E-state index in [4.69, 9.17) is 19.3 Å². The fourth-order valence-corrected chi connectivity index (χ4v) is 2.44. The van der Waals surface area contributed by atoms with Crippen LogP contribution in [0.25, 0.3) is 0 Å². The molecular formula is C18H33N3O8. The summed E-state index contributed by atoms with van der Waals surface area (Å²) in [6.45, 7) is 11.3. The Labute approximate surface area is 170 Å². The molecule has 2 atom stereocenters. The Morgan fingerprint density at radius 2 is 1.62 bits per heavy atom. The molecule has 0 spiro atoms. The lowest BCUT2D eigenvalue weighted by molar-refractivity contribution is -0.380. The summed E-state index contributed by atoms with van der Waals surface area (Å²) in [6, 6.07) is -1.54. The number of rotatable bonds is 8. The minimum Gasteiger partial charge on any atom is -0.480 e. The number of aliphatic carboxylic acids is 1. The van der Waals surface area contributed by atoms with Crippen molar-refractivity contribution in [2.24, 2.45) is 0 Å². The van der Waals surface area contributed by atoms with E-state index in [0.29, 0.717) is 19.6 Å². The summed E-state index contributed by atoms with van der Waals surface area (Å²) in [4.78, 5) is 45.3. The molecule has 0 radical (unpaired) electrons. The first-order valence-electron chi connectivity index (χ1n) is 9.52. The number of carboxylic acid groups (broad SMARTS) is 1. The van der Waals surface area contributed by atoms with E-state index in [1.165, 1.54) is 5.06 Å². The number of hydrogen-bond acceptors (Lipinski definition) is 8. The fourth-order valence-electron chi connectivity index (χ4n) is 2.44. The maximum Gasteiger partial charge on any atom is 0.408 e. The molecule has 168 valence electrons. The van der Waals surface area contributed by atoms with Crippen molar-refractivity contribution in [3.63, 3.8) is 0 Å². The van der Waals surface area contributed by atoms with Gasteiger partial charge in [-0.25, -0.2) is 19.3 Å². The van der Waals surface area contributed by atoms with Gasteiger partial charge in [0.1, 0.15) is 17.2 Å². The van der Waals surface area contributed by atoms with Gasteiger partial charge in [-0.1, -0.05) is 0 Å². The smallest absolute Gasteiger partial charge is 0.408 e. The van der Waals surface area contributed by atoms with Crippen LogP contribution in [0.4, 0.5) is 9.59 Å². The largest absolute Gasteiger partial charge is 0.480 e. The lowest BCUT2D eigenvalue weighted by Gasteiger charge is -2.27. The van der Waals surface area contributed by atoms with Crippen LogP contribution in [-0.2, 0) is 24.1 Å². The first kappa shape index (κ1) is 24.9. The lowest BCUT2D eigenvalue weighted by Crippen LogP contribution is -2.47. The van der Waals surface area contributed by atoms with Crippen molar-refractivity contribution in [1.82, 2.24) is 15.7 Å². The van der Waals surface area contributed by atoms with Gasteiger partial charge in [0.05, 0.1) is 19.2 Å². The Hall–Kier alpha value is -2.11. The second-order valence-electron chi connectivity index (χ2n) is 8.69. The predicted molar refractivity (Wildman–Crippen MR) is 102 cm³/mol. The molecule has 0 bridgehead atoms. The highest BCUT2D eigenvalue weighted by Crippen LogP contribution is 2.15. The molecule has 1 unspecified atom stereocenters. The van der Waals surface area contributed by atoms with Crippen molar-refractivity contribution in [3.05, 3.63) is 0 Å². The number of nitrogens with one attached hydrogen (secondary N) is 2. The van der Waals surface area contributed by atoms with Gasteiger partial charge in [0.2, 0.25) is 0 Å². The summed E-state index contributed by atoms with van der Waals surface area (Å²) in [6.07, 6.45) is -1.01. The van der Waals surface area contributed by atoms with Crippen LogP contribution in [0.3, 0.4) is 0 Å². The van der Waals surface area contributed by atoms with Gasteiger partial charge in [-0.05, 0) is 54.4 Å². The van der Waals surface area contributed by atoms with E-state index in [1.807, 2.05) is 0 Å². The van der Waals surface area contributed by atoms with Crippen LogP contribution >= 0.6 is 0 Å². The van der Waals surface area contributed by atoms with Crippen molar-refractivity contribution < 1.29 is 38.8 Å². The van der Waals surface area contributed by atoms with Crippen molar-refractivity contribution in [1.29, 1.82) is 0 Å². The van der Waals surface area contributed by atoms with E-state index in [2.05, 4.69) is 10.6 Å². The molecule has 1 rings (SSSR count). The quantitative estimate of drug-likeness (QED) is 0.503. The molecule has 1 fully saturated rings. The number of hydroxylamine groups is 2. The molecule has 1 saturated heterocycles. The number of carbonyl (C=O) groups excluding carboxylic acids is 2. The van der Waals surface area contributed by atoms with E-state index in [9.17, 15) is 19.5 Å². The molecule has 2 amide bonds. The number of carboxylic acids is 1. The summed E-state index contributed by atoms with van der Waals surface area (Å²) < 4.78 is 10.3. The zero-order valence-electron chi connectivity index (χ0n) is 17.9. The standard InChI is InChI=1S/C18H33N3O8/c1-17(2,3)27-15(24)19-11-12(21-9-10-26-29-21)7-8-13(14(22)23)20-16(25)28-18(4,5)6/h12-13H,7-11H2,1-6H3,(H,19,24)(H,20,25)(H,22,23)/t12?,13-/m0/s1. The van der Waals surface area contributed by atoms with Gasteiger partial charge < -0.3 is 25.2 Å². The molecule has 0 aliphatic carbocycles. The number of alkyl carbamates (subject to hydrolysis) is 2. The summed E-state index contributed by atoms with van der Waals surface area (Å²) in [5, 5.41) is 15.9. The van der Waals surface area contributed by atoms with Crippen LogP contribution in [0, 0.1) is 0 Å². The Morgan fingerprint density at radius 3 is 2.10 bits per heavy atom. The molecule has 1 aliphatic heterocycles. The van der Waals surface area contributed by atoms with E-state index < -0.39 is 35.4 Å². The number of amides is 2. The van der Waals surface area contributed by atoms with Crippen LogP contribution in [0.5, 0.6) is 0 Å². The van der Waals surface area contributed by atoms with Crippen molar-refractivity contribution >= 4 is 18.2 Å². The van der Waals surface area contributed by atoms with Crippen molar-refractivity contribution in [2.45, 2.75) is 77.7 Å². The molecule has 11 heteroatoms. The second kappa shape index (κ2) is 10.6. The minimum atomic E-state index is -1.19. The molecule has 0 saturated carbocycles. The molecule has 29 heavy (non-hydrogen) atoms. The minimum absolute atomic E-state index is 0.0924. The topological polar surface area (TPSA) is 136 Å². The Balaban J connectivity index is 2.65. The lowest BCUT2D eigenvalue weighted by atomic mass is 10.1. The highest BCUT2D eigenvalue weighted by atomic mass is 17.3. The summed E-state index contributed by atoms with van der Waals surface area (Å²) in [5.41, 5.74) is -1.38. The molecular weight excluding hydrogens is 386 g/mol. The molecule has 1 aliphatic rings. The van der Waals surface area contributed by atoms with Gasteiger partial charge in [-0.15, -0.1) is 10.1 Å². The molecule has 0 aromatic rings. The third-order valence-electron chi connectivity index (χ3n) is 3.61.